The molecule has 1 N–H and O–H groups in total. The molecule has 8 heteroatoms. The number of carbonyl (C=O) groups excluding carboxylic acids is 3. The minimum absolute atomic E-state index is 0.138. The van der Waals surface area contributed by atoms with Crippen LogP contribution in [0.3, 0.4) is 0 Å². The average molecular weight is 387 g/mol. The number of hydrogen-bond donors (Lipinski definition) is 1. The van der Waals surface area contributed by atoms with Crippen molar-refractivity contribution in [2.45, 2.75) is 6.92 Å². The highest BCUT2D eigenvalue weighted by Crippen LogP contribution is 2.31. The molecule has 0 aliphatic rings. The molecular formula is C20H21NO7. The number of esters is 2. The molecule has 0 atom stereocenters. The maximum Gasteiger partial charge on any atom is 0.342 e. The van der Waals surface area contributed by atoms with Gasteiger partial charge in [-0.15, -0.1) is 0 Å². The highest BCUT2D eigenvalue weighted by atomic mass is 16.5. The van der Waals surface area contributed by atoms with Crippen molar-refractivity contribution in [3.05, 3.63) is 53.1 Å². The summed E-state index contributed by atoms with van der Waals surface area (Å²) < 4.78 is 20.0. The van der Waals surface area contributed by atoms with Crippen LogP contribution in [0.5, 0.6) is 11.5 Å². The Kier molecular flexibility index (Phi) is 6.97. The second-order valence-corrected chi connectivity index (χ2v) is 5.69. The standard InChI is InChI=1S/C20H21NO7/c1-12-8-9-13(19(23)27-4)10-15(12)21-17(22)11-28-20(24)14-6-5-7-16(25-2)18(14)26-3/h5-10H,11H2,1-4H3,(H,21,22). The van der Waals surface area contributed by atoms with Gasteiger partial charge in [0.2, 0.25) is 0 Å². The van der Waals surface area contributed by atoms with Crippen LogP contribution in [0.1, 0.15) is 26.3 Å². The fourth-order valence-electron chi connectivity index (χ4n) is 2.44. The molecule has 148 valence electrons. The van der Waals surface area contributed by atoms with Gasteiger partial charge in [0.25, 0.3) is 5.91 Å². The van der Waals surface area contributed by atoms with E-state index in [1.807, 2.05) is 0 Å². The minimum Gasteiger partial charge on any atom is -0.493 e. The van der Waals surface area contributed by atoms with Gasteiger partial charge in [0.05, 0.1) is 26.9 Å². The van der Waals surface area contributed by atoms with Crippen molar-refractivity contribution in [2.75, 3.05) is 33.3 Å². The third-order valence-corrected chi connectivity index (χ3v) is 3.89. The summed E-state index contributed by atoms with van der Waals surface area (Å²) in [5.41, 5.74) is 1.59. The molecule has 0 radical (unpaired) electrons. The summed E-state index contributed by atoms with van der Waals surface area (Å²) in [5.74, 6) is -1.22. The van der Waals surface area contributed by atoms with Crippen LogP contribution in [-0.2, 0) is 14.3 Å². The van der Waals surface area contributed by atoms with E-state index in [0.29, 0.717) is 17.0 Å². The Bertz CT molecular complexity index is 892. The van der Waals surface area contributed by atoms with Crippen molar-refractivity contribution in [3.63, 3.8) is 0 Å². The molecular weight excluding hydrogens is 366 g/mol. The number of ether oxygens (including phenoxy) is 4. The van der Waals surface area contributed by atoms with Gasteiger partial charge in [0.1, 0.15) is 5.56 Å². The molecule has 0 aromatic heterocycles. The van der Waals surface area contributed by atoms with Gasteiger partial charge in [-0.25, -0.2) is 9.59 Å². The quantitative estimate of drug-likeness (QED) is 0.729. The lowest BCUT2D eigenvalue weighted by Gasteiger charge is -2.13. The largest absolute Gasteiger partial charge is 0.493 e. The summed E-state index contributed by atoms with van der Waals surface area (Å²) in [6, 6.07) is 9.51. The average Bonchev–Trinajstić information content (AvgIpc) is 2.72. The highest BCUT2D eigenvalue weighted by molar-refractivity contribution is 5.98. The number of carbonyl (C=O) groups is 3. The molecule has 0 aliphatic heterocycles. The summed E-state index contributed by atoms with van der Waals surface area (Å²) in [5, 5.41) is 2.61. The van der Waals surface area contributed by atoms with Crippen LogP contribution in [0, 0.1) is 6.92 Å². The summed E-state index contributed by atoms with van der Waals surface area (Å²) in [7, 11) is 4.12. The molecule has 2 aromatic rings. The summed E-state index contributed by atoms with van der Waals surface area (Å²) in [6.45, 7) is 1.25. The predicted octanol–water partition coefficient (Wildman–Crippen LogP) is 2.59. The number of para-hydroxylation sites is 1. The molecule has 8 nitrogen and oxygen atoms in total. The molecule has 0 unspecified atom stereocenters. The third-order valence-electron chi connectivity index (χ3n) is 3.89. The summed E-state index contributed by atoms with van der Waals surface area (Å²) in [6.07, 6.45) is 0. The van der Waals surface area contributed by atoms with Crippen molar-refractivity contribution in [2.24, 2.45) is 0 Å². The van der Waals surface area contributed by atoms with E-state index in [9.17, 15) is 14.4 Å². The lowest BCUT2D eigenvalue weighted by molar-refractivity contribution is -0.119. The number of hydrogen-bond acceptors (Lipinski definition) is 7. The minimum atomic E-state index is -0.731. The lowest BCUT2D eigenvalue weighted by Crippen LogP contribution is -2.22. The van der Waals surface area contributed by atoms with Gasteiger partial charge in [0.15, 0.2) is 18.1 Å². The molecule has 2 aromatic carbocycles. The van der Waals surface area contributed by atoms with E-state index in [0.717, 1.165) is 5.56 Å². The molecule has 1 amide bonds. The second kappa shape index (κ2) is 9.40. The fraction of sp³-hybridized carbons (Fsp3) is 0.250. The Hall–Kier alpha value is -3.55. The van der Waals surface area contributed by atoms with Crippen LogP contribution in [0.25, 0.3) is 0 Å². The number of benzene rings is 2. The Morgan fingerprint density at radius 3 is 2.36 bits per heavy atom. The first-order valence-electron chi connectivity index (χ1n) is 8.28. The molecule has 0 fully saturated rings. The van der Waals surface area contributed by atoms with E-state index in [2.05, 4.69) is 10.1 Å². The number of anilines is 1. The first-order chi connectivity index (χ1) is 13.4. The number of rotatable bonds is 7. The van der Waals surface area contributed by atoms with Crippen molar-refractivity contribution in [1.82, 2.24) is 0 Å². The second-order valence-electron chi connectivity index (χ2n) is 5.69. The van der Waals surface area contributed by atoms with Crippen LogP contribution in [0.4, 0.5) is 5.69 Å². The van der Waals surface area contributed by atoms with Gasteiger partial charge in [0, 0.05) is 5.69 Å². The van der Waals surface area contributed by atoms with Crippen molar-refractivity contribution in [1.29, 1.82) is 0 Å². The van der Waals surface area contributed by atoms with Crippen molar-refractivity contribution < 1.29 is 33.3 Å². The Morgan fingerprint density at radius 2 is 1.71 bits per heavy atom. The molecule has 0 saturated carbocycles. The Morgan fingerprint density at radius 1 is 0.964 bits per heavy atom. The van der Waals surface area contributed by atoms with Gasteiger partial charge in [-0.2, -0.15) is 0 Å². The van der Waals surface area contributed by atoms with E-state index in [1.54, 1.807) is 31.2 Å². The topological polar surface area (TPSA) is 100 Å². The molecule has 0 bridgehead atoms. The fourth-order valence-corrected chi connectivity index (χ4v) is 2.44. The number of aryl methyl sites for hydroxylation is 1. The predicted molar refractivity (Wildman–Crippen MR) is 101 cm³/mol. The van der Waals surface area contributed by atoms with Crippen LogP contribution in [0.15, 0.2) is 36.4 Å². The highest BCUT2D eigenvalue weighted by Gasteiger charge is 2.19. The molecule has 2 rings (SSSR count). The zero-order valence-electron chi connectivity index (χ0n) is 16.0. The molecule has 0 heterocycles. The number of methoxy groups -OCH3 is 3. The third kappa shape index (κ3) is 4.79. The van der Waals surface area contributed by atoms with Gasteiger partial charge >= 0.3 is 11.9 Å². The SMILES string of the molecule is COC(=O)c1ccc(C)c(NC(=O)COC(=O)c2cccc(OC)c2OC)c1. The molecule has 0 saturated heterocycles. The number of amides is 1. The van der Waals surface area contributed by atoms with Crippen molar-refractivity contribution in [3.8, 4) is 11.5 Å². The van der Waals surface area contributed by atoms with E-state index >= 15 is 0 Å². The van der Waals surface area contributed by atoms with E-state index in [4.69, 9.17) is 14.2 Å². The maximum atomic E-state index is 12.3. The zero-order chi connectivity index (χ0) is 20.7. The van der Waals surface area contributed by atoms with Gasteiger partial charge in [-0.3, -0.25) is 4.79 Å². The summed E-state index contributed by atoms with van der Waals surface area (Å²) >= 11 is 0. The van der Waals surface area contributed by atoms with Crippen LogP contribution >= 0.6 is 0 Å². The molecule has 0 spiro atoms. The smallest absolute Gasteiger partial charge is 0.342 e. The van der Waals surface area contributed by atoms with E-state index in [-0.39, 0.29) is 11.3 Å². The van der Waals surface area contributed by atoms with Gasteiger partial charge in [-0.1, -0.05) is 12.1 Å². The van der Waals surface area contributed by atoms with Gasteiger partial charge < -0.3 is 24.3 Å². The van der Waals surface area contributed by atoms with E-state index < -0.39 is 24.5 Å². The number of nitrogens with one attached hydrogen (secondary N) is 1. The van der Waals surface area contributed by atoms with Crippen LogP contribution in [-0.4, -0.2) is 45.8 Å². The van der Waals surface area contributed by atoms with Crippen molar-refractivity contribution >= 4 is 23.5 Å². The lowest BCUT2D eigenvalue weighted by atomic mass is 10.1. The Balaban J connectivity index is 2.05. The monoisotopic (exact) mass is 387 g/mol. The zero-order valence-corrected chi connectivity index (χ0v) is 16.0. The van der Waals surface area contributed by atoms with E-state index in [1.165, 1.54) is 33.5 Å². The van der Waals surface area contributed by atoms with Gasteiger partial charge in [-0.05, 0) is 36.8 Å². The van der Waals surface area contributed by atoms with Crippen LogP contribution < -0.4 is 14.8 Å². The Labute approximate surface area is 162 Å². The van der Waals surface area contributed by atoms with Crippen LogP contribution in [0.2, 0.25) is 0 Å². The summed E-state index contributed by atoms with van der Waals surface area (Å²) in [4.78, 5) is 36.1. The maximum absolute atomic E-state index is 12.3. The first kappa shape index (κ1) is 20.8. The molecule has 0 aliphatic carbocycles. The first-order valence-corrected chi connectivity index (χ1v) is 8.28. The molecule has 28 heavy (non-hydrogen) atoms. The normalized spacial score (nSPS) is 10.0.